The molecule has 2 aliphatic carbocycles. The third-order valence-electron chi connectivity index (χ3n) is 3.31. The summed E-state index contributed by atoms with van der Waals surface area (Å²) >= 11 is 0. The van der Waals surface area contributed by atoms with Gasteiger partial charge in [-0.1, -0.05) is 30.3 Å². The van der Waals surface area contributed by atoms with Crippen molar-refractivity contribution < 1.29 is 19.1 Å². The van der Waals surface area contributed by atoms with Gasteiger partial charge in [0.05, 0.1) is 31.3 Å². The third kappa shape index (κ3) is 2.77. The van der Waals surface area contributed by atoms with Crippen molar-refractivity contribution in [2.75, 3.05) is 13.7 Å². The molecule has 0 saturated carbocycles. The summed E-state index contributed by atoms with van der Waals surface area (Å²) in [7, 11) is 1.27. The first-order valence-electron chi connectivity index (χ1n) is 6.81. The Kier molecular flexibility index (Phi) is 4.74. The van der Waals surface area contributed by atoms with Crippen molar-refractivity contribution in [1.29, 1.82) is 5.26 Å². The maximum atomic E-state index is 12.1. The molecular formula is C17H15NO4. The predicted molar refractivity (Wildman–Crippen MR) is 79.5 cm³/mol. The summed E-state index contributed by atoms with van der Waals surface area (Å²) in [5, 5.41) is 9.45. The van der Waals surface area contributed by atoms with E-state index < -0.39 is 11.9 Å². The molecule has 112 valence electrons. The van der Waals surface area contributed by atoms with E-state index in [1.165, 1.54) is 7.11 Å². The summed E-state index contributed by atoms with van der Waals surface area (Å²) < 4.78 is 9.74. The van der Waals surface area contributed by atoms with Gasteiger partial charge in [0.2, 0.25) is 0 Å². The quantitative estimate of drug-likeness (QED) is 0.811. The molecule has 0 unspecified atom stereocenters. The van der Waals surface area contributed by atoms with Gasteiger partial charge in [0, 0.05) is 5.56 Å². The van der Waals surface area contributed by atoms with Crippen molar-refractivity contribution in [3.05, 3.63) is 47.0 Å². The Morgan fingerprint density at radius 1 is 1.18 bits per heavy atom. The highest BCUT2D eigenvalue weighted by Gasteiger charge is 2.28. The lowest BCUT2D eigenvalue weighted by atomic mass is 10.1. The lowest BCUT2D eigenvalue weighted by molar-refractivity contribution is -0.142. The zero-order chi connectivity index (χ0) is 16.1. The number of hydrogen-bond donors (Lipinski definition) is 0. The molecule has 0 radical (unpaired) electrons. The van der Waals surface area contributed by atoms with Crippen LogP contribution in [-0.4, -0.2) is 25.7 Å². The molecule has 0 amide bonds. The molecule has 0 spiro atoms. The predicted octanol–water partition coefficient (Wildman–Crippen LogP) is 2.56. The van der Waals surface area contributed by atoms with Crippen LogP contribution in [0.4, 0.5) is 0 Å². The molecule has 0 atom stereocenters. The topological polar surface area (TPSA) is 76.4 Å². The highest BCUT2D eigenvalue weighted by molar-refractivity contribution is 6.04. The van der Waals surface area contributed by atoms with Crippen LogP contribution in [0.3, 0.4) is 0 Å². The fourth-order valence-electron chi connectivity index (χ4n) is 2.43. The van der Waals surface area contributed by atoms with E-state index in [0.29, 0.717) is 22.3 Å². The molecule has 2 rings (SSSR count). The van der Waals surface area contributed by atoms with Gasteiger partial charge in [0.1, 0.15) is 6.07 Å². The molecule has 0 bridgehead atoms. The average Bonchev–Trinajstić information content (AvgIpc) is 2.65. The maximum Gasteiger partial charge on any atom is 0.338 e. The van der Waals surface area contributed by atoms with E-state index in [1.54, 1.807) is 37.3 Å². The van der Waals surface area contributed by atoms with E-state index in [2.05, 4.69) is 6.07 Å². The first-order chi connectivity index (χ1) is 10.6. The molecule has 22 heavy (non-hydrogen) atoms. The second-order valence-electron chi connectivity index (χ2n) is 4.55. The van der Waals surface area contributed by atoms with Crippen molar-refractivity contribution in [2.24, 2.45) is 0 Å². The molecule has 5 nitrogen and oxygen atoms in total. The van der Waals surface area contributed by atoms with Crippen molar-refractivity contribution in [1.82, 2.24) is 0 Å². The van der Waals surface area contributed by atoms with E-state index in [1.807, 2.05) is 0 Å². The number of methoxy groups -OCH3 is 1. The van der Waals surface area contributed by atoms with Crippen LogP contribution in [0.5, 0.6) is 0 Å². The summed E-state index contributed by atoms with van der Waals surface area (Å²) in [6.07, 6.45) is -0.139. The van der Waals surface area contributed by atoms with Gasteiger partial charge < -0.3 is 9.47 Å². The fraction of sp³-hybridized carbons (Fsp3) is 0.235. The van der Waals surface area contributed by atoms with Crippen molar-refractivity contribution in [3.8, 4) is 17.2 Å². The zero-order valence-electron chi connectivity index (χ0n) is 12.4. The lowest BCUT2D eigenvalue weighted by Gasteiger charge is -2.04. The Hall–Kier alpha value is -2.87. The van der Waals surface area contributed by atoms with Crippen molar-refractivity contribution in [2.45, 2.75) is 13.3 Å². The second kappa shape index (κ2) is 6.72. The number of fused-ring (bicyclic) bond motifs is 1. The van der Waals surface area contributed by atoms with E-state index >= 15 is 0 Å². The first-order valence-corrected chi connectivity index (χ1v) is 6.81. The molecule has 5 heteroatoms. The molecule has 0 aromatic carbocycles. The molecule has 0 aliphatic heterocycles. The number of nitriles is 1. The SMILES string of the molecule is CCOC(=O)Cc1c(C#N)c2cccccc-2c1C(=O)OC. The standard InChI is InChI=1S/C17H15NO4/c1-3-22-15(19)9-13-14(10-18)11-7-5-4-6-8-12(11)16(13)17(20)21-2/h4-8H,3,9H2,1-2H3. The minimum atomic E-state index is -0.572. The molecule has 0 saturated heterocycles. The summed E-state index contributed by atoms with van der Waals surface area (Å²) in [6.45, 7) is 1.94. The van der Waals surface area contributed by atoms with Crippen LogP contribution in [-0.2, 0) is 20.7 Å². The van der Waals surface area contributed by atoms with Crippen LogP contribution >= 0.6 is 0 Å². The second-order valence-corrected chi connectivity index (χ2v) is 4.55. The average molecular weight is 297 g/mol. The molecule has 2 aliphatic rings. The minimum Gasteiger partial charge on any atom is -0.466 e. The van der Waals surface area contributed by atoms with Crippen LogP contribution in [0.2, 0.25) is 0 Å². The van der Waals surface area contributed by atoms with Crippen LogP contribution in [0, 0.1) is 11.3 Å². The van der Waals surface area contributed by atoms with Crippen molar-refractivity contribution >= 4 is 11.9 Å². The summed E-state index contributed by atoms with van der Waals surface area (Å²) in [4.78, 5) is 23.9. The number of hydrogen-bond acceptors (Lipinski definition) is 5. The maximum absolute atomic E-state index is 12.1. The summed E-state index contributed by atoms with van der Waals surface area (Å²) in [6, 6.07) is 10.9. The number of rotatable bonds is 4. The van der Waals surface area contributed by atoms with E-state index in [4.69, 9.17) is 9.47 Å². The largest absolute Gasteiger partial charge is 0.466 e. The number of nitrogens with zero attached hydrogens (tertiary/aromatic N) is 1. The molecule has 0 fully saturated rings. The monoisotopic (exact) mass is 297 g/mol. The van der Waals surface area contributed by atoms with E-state index in [9.17, 15) is 14.9 Å². The fourth-order valence-corrected chi connectivity index (χ4v) is 2.43. The molecule has 0 aromatic heterocycles. The Morgan fingerprint density at radius 2 is 1.86 bits per heavy atom. The van der Waals surface area contributed by atoms with E-state index in [-0.39, 0.29) is 18.6 Å². The normalized spacial score (nSPS) is 10.0. The van der Waals surface area contributed by atoms with E-state index in [0.717, 1.165) is 0 Å². The Balaban J connectivity index is 2.70. The highest BCUT2D eigenvalue weighted by Crippen LogP contribution is 2.36. The van der Waals surface area contributed by atoms with Crippen LogP contribution in [0.25, 0.3) is 11.1 Å². The first kappa shape index (κ1) is 15.5. The smallest absolute Gasteiger partial charge is 0.338 e. The summed E-state index contributed by atoms with van der Waals surface area (Å²) in [5.74, 6) is -1.05. The number of esters is 2. The van der Waals surface area contributed by atoms with Crippen molar-refractivity contribution in [3.63, 3.8) is 0 Å². The Bertz CT molecular complexity index is 730. The van der Waals surface area contributed by atoms with Gasteiger partial charge in [0.15, 0.2) is 0 Å². The van der Waals surface area contributed by atoms with Gasteiger partial charge in [-0.25, -0.2) is 4.79 Å². The third-order valence-corrected chi connectivity index (χ3v) is 3.31. The van der Waals surface area contributed by atoms with Crippen LogP contribution < -0.4 is 0 Å². The number of carbonyl (C=O) groups is 2. The van der Waals surface area contributed by atoms with Crippen LogP contribution in [0.1, 0.15) is 28.4 Å². The molecule has 0 heterocycles. The minimum absolute atomic E-state index is 0.139. The molecule has 0 N–H and O–H groups in total. The molecular weight excluding hydrogens is 282 g/mol. The van der Waals surface area contributed by atoms with Gasteiger partial charge in [-0.3, -0.25) is 4.79 Å². The Morgan fingerprint density at radius 3 is 2.45 bits per heavy atom. The lowest BCUT2D eigenvalue weighted by Crippen LogP contribution is -2.12. The van der Waals surface area contributed by atoms with Crippen LogP contribution in [0.15, 0.2) is 30.3 Å². The molecule has 0 aromatic rings. The zero-order valence-corrected chi connectivity index (χ0v) is 12.4. The van der Waals surface area contributed by atoms with Gasteiger partial charge in [-0.05, 0) is 18.1 Å². The van der Waals surface area contributed by atoms with Gasteiger partial charge in [-0.15, -0.1) is 0 Å². The van der Waals surface area contributed by atoms with Gasteiger partial charge in [-0.2, -0.15) is 5.26 Å². The van der Waals surface area contributed by atoms with Gasteiger partial charge in [0.25, 0.3) is 0 Å². The summed E-state index contributed by atoms with van der Waals surface area (Å²) in [5.41, 5.74) is 2.12. The highest BCUT2D eigenvalue weighted by atomic mass is 16.5. The number of carbonyl (C=O) groups excluding carboxylic acids is 2. The number of ether oxygens (including phenoxy) is 2. The Labute approximate surface area is 128 Å². The van der Waals surface area contributed by atoms with Gasteiger partial charge >= 0.3 is 11.9 Å².